The Morgan fingerprint density at radius 2 is 2.04 bits per heavy atom. The second-order valence-electron chi connectivity index (χ2n) is 5.40. The van der Waals surface area contributed by atoms with Gasteiger partial charge in [0.05, 0.1) is 6.20 Å². The van der Waals surface area contributed by atoms with Gasteiger partial charge in [0.1, 0.15) is 5.82 Å². The summed E-state index contributed by atoms with van der Waals surface area (Å²) in [6.07, 6.45) is 2.76. The van der Waals surface area contributed by atoms with Crippen molar-refractivity contribution in [3.63, 3.8) is 0 Å². The van der Waals surface area contributed by atoms with E-state index in [-0.39, 0.29) is 23.3 Å². The lowest BCUT2D eigenvalue weighted by atomic mass is 9.93. The SMILES string of the molecule is O=C(Nc1ccc(=O)[nH]n1)N1CCC(c2ccc(F)cn2)CC1. The van der Waals surface area contributed by atoms with E-state index in [1.165, 1.54) is 24.4 Å². The minimum atomic E-state index is -0.348. The monoisotopic (exact) mass is 317 g/mol. The lowest BCUT2D eigenvalue weighted by molar-refractivity contribution is 0.194. The van der Waals surface area contributed by atoms with Gasteiger partial charge in [-0.1, -0.05) is 0 Å². The van der Waals surface area contributed by atoms with Crippen LogP contribution in [0.3, 0.4) is 0 Å². The summed E-state index contributed by atoms with van der Waals surface area (Å²) < 4.78 is 12.9. The average molecular weight is 317 g/mol. The first-order valence-electron chi connectivity index (χ1n) is 7.35. The van der Waals surface area contributed by atoms with E-state index in [2.05, 4.69) is 20.5 Å². The maximum absolute atomic E-state index is 12.9. The molecule has 1 aliphatic heterocycles. The Morgan fingerprint density at radius 3 is 2.65 bits per heavy atom. The molecule has 1 aliphatic rings. The van der Waals surface area contributed by atoms with Crippen molar-refractivity contribution in [2.45, 2.75) is 18.8 Å². The van der Waals surface area contributed by atoms with Gasteiger partial charge in [0.2, 0.25) is 0 Å². The number of pyridine rings is 1. The molecule has 0 aromatic carbocycles. The molecule has 3 heterocycles. The minimum absolute atomic E-state index is 0.228. The van der Waals surface area contributed by atoms with Crippen LogP contribution in [-0.4, -0.2) is 39.2 Å². The zero-order chi connectivity index (χ0) is 16.2. The van der Waals surface area contributed by atoms with E-state index in [1.807, 2.05) is 0 Å². The van der Waals surface area contributed by atoms with Crippen LogP contribution in [0.25, 0.3) is 0 Å². The predicted molar refractivity (Wildman–Crippen MR) is 81.6 cm³/mol. The van der Waals surface area contributed by atoms with E-state index < -0.39 is 0 Å². The van der Waals surface area contributed by atoms with Crippen molar-refractivity contribution < 1.29 is 9.18 Å². The number of piperidine rings is 1. The molecule has 7 nitrogen and oxygen atoms in total. The number of aromatic amines is 1. The highest BCUT2D eigenvalue weighted by Crippen LogP contribution is 2.26. The quantitative estimate of drug-likeness (QED) is 0.882. The van der Waals surface area contributed by atoms with E-state index in [9.17, 15) is 14.0 Å². The number of carbonyl (C=O) groups excluding carboxylic acids is 1. The Hall–Kier alpha value is -2.77. The van der Waals surface area contributed by atoms with Crippen LogP contribution in [0.4, 0.5) is 15.0 Å². The predicted octanol–water partition coefficient (Wildman–Crippen LogP) is 1.72. The summed E-state index contributed by atoms with van der Waals surface area (Å²) in [6, 6.07) is 5.60. The molecule has 0 radical (unpaired) electrons. The Balaban J connectivity index is 1.55. The van der Waals surface area contributed by atoms with E-state index in [4.69, 9.17) is 0 Å². The number of urea groups is 1. The lowest BCUT2D eigenvalue weighted by Gasteiger charge is -2.31. The molecule has 2 N–H and O–H groups in total. The van der Waals surface area contributed by atoms with Crippen LogP contribution < -0.4 is 10.9 Å². The molecule has 0 atom stereocenters. The zero-order valence-corrected chi connectivity index (χ0v) is 12.3. The van der Waals surface area contributed by atoms with Crippen molar-refractivity contribution in [1.82, 2.24) is 20.1 Å². The van der Waals surface area contributed by atoms with Crippen molar-refractivity contribution >= 4 is 11.8 Å². The molecule has 0 unspecified atom stereocenters. The van der Waals surface area contributed by atoms with Gasteiger partial charge in [-0.05, 0) is 31.0 Å². The Labute approximate surface area is 131 Å². The van der Waals surface area contributed by atoms with Crippen molar-refractivity contribution in [3.05, 3.63) is 52.3 Å². The summed E-state index contributed by atoms with van der Waals surface area (Å²) in [5, 5.41) is 8.65. The summed E-state index contributed by atoms with van der Waals surface area (Å²) in [7, 11) is 0. The van der Waals surface area contributed by atoms with Crippen LogP contribution in [0, 0.1) is 5.82 Å². The number of hydrogen-bond acceptors (Lipinski definition) is 4. The molecule has 120 valence electrons. The third kappa shape index (κ3) is 3.71. The molecule has 0 aliphatic carbocycles. The zero-order valence-electron chi connectivity index (χ0n) is 12.3. The van der Waals surface area contributed by atoms with Gasteiger partial charge in [-0.25, -0.2) is 14.3 Å². The number of aromatic nitrogens is 3. The van der Waals surface area contributed by atoms with Crippen LogP contribution in [-0.2, 0) is 0 Å². The molecule has 23 heavy (non-hydrogen) atoms. The van der Waals surface area contributed by atoms with E-state index >= 15 is 0 Å². The summed E-state index contributed by atoms with van der Waals surface area (Å²) in [5.74, 6) is 0.182. The third-order valence-corrected chi connectivity index (χ3v) is 3.86. The smallest absolute Gasteiger partial charge is 0.323 e. The van der Waals surface area contributed by atoms with Gasteiger partial charge in [-0.2, -0.15) is 5.10 Å². The molecule has 2 aromatic rings. The van der Waals surface area contributed by atoms with Gasteiger partial charge in [-0.15, -0.1) is 0 Å². The molecule has 8 heteroatoms. The van der Waals surface area contributed by atoms with Crippen LogP contribution in [0.2, 0.25) is 0 Å². The van der Waals surface area contributed by atoms with Crippen LogP contribution in [0.15, 0.2) is 35.3 Å². The Bertz CT molecular complexity index is 718. The van der Waals surface area contributed by atoms with E-state index in [0.717, 1.165) is 18.5 Å². The van der Waals surface area contributed by atoms with Crippen molar-refractivity contribution in [2.24, 2.45) is 0 Å². The molecule has 0 bridgehead atoms. The number of rotatable bonds is 2. The molecule has 1 fully saturated rings. The van der Waals surface area contributed by atoms with Gasteiger partial charge < -0.3 is 4.90 Å². The highest BCUT2D eigenvalue weighted by atomic mass is 19.1. The highest BCUT2D eigenvalue weighted by molar-refractivity contribution is 5.88. The third-order valence-electron chi connectivity index (χ3n) is 3.86. The van der Waals surface area contributed by atoms with E-state index in [0.29, 0.717) is 18.9 Å². The number of halogens is 1. The molecule has 0 spiro atoms. The molecule has 2 amide bonds. The minimum Gasteiger partial charge on any atom is -0.324 e. The number of nitrogens with zero attached hydrogens (tertiary/aromatic N) is 3. The Kier molecular flexibility index (Phi) is 4.31. The second kappa shape index (κ2) is 6.55. The fourth-order valence-electron chi connectivity index (χ4n) is 2.61. The van der Waals surface area contributed by atoms with Crippen molar-refractivity contribution in [1.29, 1.82) is 0 Å². The van der Waals surface area contributed by atoms with E-state index in [1.54, 1.807) is 11.0 Å². The number of carbonyl (C=O) groups is 1. The van der Waals surface area contributed by atoms with Gasteiger partial charge in [0.25, 0.3) is 5.56 Å². The summed E-state index contributed by atoms with van der Waals surface area (Å²) in [5.41, 5.74) is 0.532. The summed E-state index contributed by atoms with van der Waals surface area (Å²) >= 11 is 0. The highest BCUT2D eigenvalue weighted by Gasteiger charge is 2.24. The number of nitrogens with one attached hydrogen (secondary N) is 2. The first kappa shape index (κ1) is 15.1. The number of amides is 2. The van der Waals surface area contributed by atoms with Gasteiger partial charge in [-0.3, -0.25) is 15.1 Å². The topological polar surface area (TPSA) is 91.0 Å². The summed E-state index contributed by atoms with van der Waals surface area (Å²) in [6.45, 7) is 1.16. The normalized spacial score (nSPS) is 15.4. The first-order valence-corrected chi connectivity index (χ1v) is 7.35. The maximum atomic E-state index is 12.9. The average Bonchev–Trinajstić information content (AvgIpc) is 2.58. The molecular weight excluding hydrogens is 301 g/mol. The molecule has 1 saturated heterocycles. The standard InChI is InChI=1S/C15H16FN5O2/c16-11-1-2-12(17-9-11)10-5-7-21(8-6-10)15(23)18-13-3-4-14(22)20-19-13/h1-4,9-10H,5-8H2,(H,20,22)(H,18,19,23). The fourth-order valence-corrected chi connectivity index (χ4v) is 2.61. The second-order valence-corrected chi connectivity index (χ2v) is 5.40. The lowest BCUT2D eigenvalue weighted by Crippen LogP contribution is -2.40. The Morgan fingerprint density at radius 1 is 1.26 bits per heavy atom. The summed E-state index contributed by atoms with van der Waals surface area (Å²) in [4.78, 5) is 28.9. The van der Waals surface area contributed by atoms with Gasteiger partial charge in [0, 0.05) is 30.8 Å². The van der Waals surface area contributed by atoms with Crippen LogP contribution in [0.1, 0.15) is 24.5 Å². The largest absolute Gasteiger partial charge is 0.324 e. The molecular formula is C15H16FN5O2. The van der Waals surface area contributed by atoms with Crippen LogP contribution in [0.5, 0.6) is 0 Å². The fraction of sp³-hybridized carbons (Fsp3) is 0.333. The first-order chi connectivity index (χ1) is 11.1. The molecule has 2 aromatic heterocycles. The maximum Gasteiger partial charge on any atom is 0.323 e. The number of anilines is 1. The van der Waals surface area contributed by atoms with Crippen molar-refractivity contribution in [3.8, 4) is 0 Å². The number of likely N-dealkylation sites (tertiary alicyclic amines) is 1. The van der Waals surface area contributed by atoms with Gasteiger partial charge in [0.15, 0.2) is 5.82 Å². The van der Waals surface area contributed by atoms with Gasteiger partial charge >= 0.3 is 6.03 Å². The van der Waals surface area contributed by atoms with Crippen LogP contribution >= 0.6 is 0 Å². The number of hydrogen-bond donors (Lipinski definition) is 2. The number of H-pyrrole nitrogens is 1. The molecule has 0 saturated carbocycles. The van der Waals surface area contributed by atoms with Crippen molar-refractivity contribution in [2.75, 3.05) is 18.4 Å². The molecule has 3 rings (SSSR count).